The largest absolute Gasteiger partial charge is 0.409 e. The number of hydrogen-bond donors (Lipinski definition) is 4. The molecule has 1 saturated heterocycles. The third-order valence-electron chi connectivity index (χ3n) is 3.91. The average molecular weight is 287 g/mol. The molecule has 0 aromatic rings. The first-order chi connectivity index (χ1) is 9.42. The van der Waals surface area contributed by atoms with Crippen molar-refractivity contribution in [3.8, 4) is 0 Å². The van der Waals surface area contributed by atoms with Crippen LogP contribution in [0.15, 0.2) is 5.16 Å². The molecule has 1 amide bonds. The SMILES string of the molecule is CCCC(CCC)(C(=O)N1CC(O)C(O)C1)C(N)=NO. The Hall–Kier alpha value is -1.34. The number of aliphatic hydroxyl groups is 2. The molecule has 1 fully saturated rings. The van der Waals surface area contributed by atoms with Gasteiger partial charge in [-0.15, -0.1) is 0 Å². The van der Waals surface area contributed by atoms with Crippen molar-refractivity contribution in [3.63, 3.8) is 0 Å². The van der Waals surface area contributed by atoms with Crippen LogP contribution in [0.5, 0.6) is 0 Å². The summed E-state index contributed by atoms with van der Waals surface area (Å²) in [6.07, 6.45) is 0.484. The molecule has 0 aliphatic carbocycles. The second-order valence-electron chi connectivity index (χ2n) is 5.41. The van der Waals surface area contributed by atoms with E-state index in [1.54, 1.807) is 0 Å². The molecule has 0 bridgehead atoms. The summed E-state index contributed by atoms with van der Waals surface area (Å²) < 4.78 is 0. The third-order valence-corrected chi connectivity index (χ3v) is 3.91. The fraction of sp³-hybridized carbons (Fsp3) is 0.846. The van der Waals surface area contributed by atoms with Crippen LogP contribution >= 0.6 is 0 Å². The number of likely N-dealkylation sites (tertiary alicyclic amines) is 1. The van der Waals surface area contributed by atoms with E-state index in [1.165, 1.54) is 4.90 Å². The summed E-state index contributed by atoms with van der Waals surface area (Å²) in [5, 5.41) is 31.2. The summed E-state index contributed by atoms with van der Waals surface area (Å²) in [5.74, 6) is -0.380. The number of amidine groups is 1. The van der Waals surface area contributed by atoms with Gasteiger partial charge in [-0.2, -0.15) is 0 Å². The van der Waals surface area contributed by atoms with E-state index in [4.69, 9.17) is 10.9 Å². The van der Waals surface area contributed by atoms with Crippen LogP contribution in [0.25, 0.3) is 0 Å². The van der Waals surface area contributed by atoms with E-state index in [2.05, 4.69) is 5.16 Å². The Morgan fingerprint density at radius 2 is 1.70 bits per heavy atom. The number of nitrogens with two attached hydrogens (primary N) is 1. The van der Waals surface area contributed by atoms with Crippen LogP contribution in [0.4, 0.5) is 0 Å². The molecule has 116 valence electrons. The van der Waals surface area contributed by atoms with Gasteiger partial charge in [0.15, 0.2) is 5.84 Å². The molecule has 2 unspecified atom stereocenters. The van der Waals surface area contributed by atoms with Crippen molar-refractivity contribution >= 4 is 11.7 Å². The minimum absolute atomic E-state index is 0.0773. The van der Waals surface area contributed by atoms with Gasteiger partial charge >= 0.3 is 0 Å². The fourth-order valence-corrected chi connectivity index (χ4v) is 2.89. The van der Waals surface area contributed by atoms with E-state index in [0.717, 1.165) is 0 Å². The second kappa shape index (κ2) is 6.90. The Bertz CT molecular complexity index is 357. The van der Waals surface area contributed by atoms with E-state index in [1.807, 2.05) is 13.8 Å². The van der Waals surface area contributed by atoms with E-state index < -0.39 is 17.6 Å². The number of oxime groups is 1. The second-order valence-corrected chi connectivity index (χ2v) is 5.41. The van der Waals surface area contributed by atoms with Gasteiger partial charge < -0.3 is 26.1 Å². The van der Waals surface area contributed by atoms with Crippen LogP contribution in [0.3, 0.4) is 0 Å². The molecule has 1 heterocycles. The number of β-amino-alcohol motifs (C(OH)–C–C–N with tert-alkyl or cyclic N) is 2. The normalized spacial score (nSPS) is 24.2. The zero-order chi connectivity index (χ0) is 15.3. The lowest BCUT2D eigenvalue weighted by atomic mass is 9.76. The van der Waals surface area contributed by atoms with Crippen LogP contribution in [0.2, 0.25) is 0 Å². The molecule has 2 atom stereocenters. The highest BCUT2D eigenvalue weighted by molar-refractivity contribution is 6.06. The van der Waals surface area contributed by atoms with Crippen molar-refractivity contribution in [1.82, 2.24) is 4.90 Å². The molecule has 0 radical (unpaired) electrons. The lowest BCUT2D eigenvalue weighted by Crippen LogP contribution is -2.51. The van der Waals surface area contributed by atoms with Crippen LogP contribution < -0.4 is 5.73 Å². The summed E-state index contributed by atoms with van der Waals surface area (Å²) >= 11 is 0. The van der Waals surface area contributed by atoms with Crippen molar-refractivity contribution in [2.75, 3.05) is 13.1 Å². The number of aliphatic hydroxyl groups excluding tert-OH is 2. The van der Waals surface area contributed by atoms with Gasteiger partial charge in [0, 0.05) is 13.1 Å². The molecule has 1 aliphatic rings. The van der Waals surface area contributed by atoms with Gasteiger partial charge in [-0.05, 0) is 12.8 Å². The number of rotatable bonds is 6. The molecule has 1 rings (SSSR count). The molecule has 20 heavy (non-hydrogen) atoms. The molecule has 7 heteroatoms. The monoisotopic (exact) mass is 287 g/mol. The summed E-state index contributed by atoms with van der Waals surface area (Å²) in [6.45, 7) is 4.01. The quantitative estimate of drug-likeness (QED) is 0.235. The van der Waals surface area contributed by atoms with Gasteiger partial charge in [0.25, 0.3) is 0 Å². The summed E-state index contributed by atoms with van der Waals surface area (Å²) in [5.41, 5.74) is 4.74. The Labute approximate surface area is 119 Å². The van der Waals surface area contributed by atoms with E-state index in [-0.39, 0.29) is 24.8 Å². The zero-order valence-electron chi connectivity index (χ0n) is 12.1. The maximum absolute atomic E-state index is 12.8. The van der Waals surface area contributed by atoms with Crippen molar-refractivity contribution in [2.24, 2.45) is 16.3 Å². The smallest absolute Gasteiger partial charge is 0.236 e. The lowest BCUT2D eigenvalue weighted by molar-refractivity contribution is -0.138. The van der Waals surface area contributed by atoms with E-state index in [9.17, 15) is 15.0 Å². The first-order valence-electron chi connectivity index (χ1n) is 7.06. The molecule has 1 aliphatic heterocycles. The summed E-state index contributed by atoms with van der Waals surface area (Å²) in [6, 6.07) is 0. The van der Waals surface area contributed by atoms with Gasteiger partial charge in [0.05, 0.1) is 12.2 Å². The van der Waals surface area contributed by atoms with Crippen molar-refractivity contribution in [1.29, 1.82) is 0 Å². The molecule has 5 N–H and O–H groups in total. The Kier molecular flexibility index (Phi) is 5.76. The zero-order valence-corrected chi connectivity index (χ0v) is 12.1. The van der Waals surface area contributed by atoms with Crippen molar-refractivity contribution < 1.29 is 20.2 Å². The highest BCUT2D eigenvalue weighted by Gasteiger charge is 2.46. The standard InChI is InChI=1S/C13H25N3O4/c1-3-5-13(6-4-2,11(14)15-20)12(19)16-7-9(17)10(18)8-16/h9-10,17-18,20H,3-8H2,1-2H3,(H2,14,15). The van der Waals surface area contributed by atoms with Crippen LogP contribution in [0.1, 0.15) is 39.5 Å². The number of nitrogens with zero attached hydrogens (tertiary/aromatic N) is 2. The number of carbonyl (C=O) groups excluding carboxylic acids is 1. The molecule has 0 aromatic carbocycles. The number of amides is 1. The minimum Gasteiger partial charge on any atom is -0.409 e. The predicted molar refractivity (Wildman–Crippen MR) is 74.3 cm³/mol. The Morgan fingerprint density at radius 3 is 2.05 bits per heavy atom. The number of hydrogen-bond acceptors (Lipinski definition) is 5. The topological polar surface area (TPSA) is 119 Å². The molecule has 0 saturated carbocycles. The number of carbonyl (C=O) groups is 1. The predicted octanol–water partition coefficient (Wildman–Crippen LogP) is -0.117. The lowest BCUT2D eigenvalue weighted by Gasteiger charge is -2.34. The fourth-order valence-electron chi connectivity index (χ4n) is 2.89. The van der Waals surface area contributed by atoms with Gasteiger partial charge in [-0.3, -0.25) is 4.79 Å². The first kappa shape index (κ1) is 16.7. The average Bonchev–Trinajstić information content (AvgIpc) is 2.76. The minimum atomic E-state index is -1.05. The summed E-state index contributed by atoms with van der Waals surface area (Å²) in [4.78, 5) is 14.2. The summed E-state index contributed by atoms with van der Waals surface area (Å²) in [7, 11) is 0. The maximum atomic E-state index is 12.8. The Morgan fingerprint density at radius 1 is 1.25 bits per heavy atom. The van der Waals surface area contributed by atoms with Crippen LogP contribution in [-0.4, -0.2) is 57.4 Å². The molecule has 0 spiro atoms. The van der Waals surface area contributed by atoms with Crippen molar-refractivity contribution in [3.05, 3.63) is 0 Å². The first-order valence-corrected chi connectivity index (χ1v) is 7.06. The Balaban J connectivity index is 3.06. The van der Waals surface area contributed by atoms with Gasteiger partial charge in [-0.25, -0.2) is 0 Å². The van der Waals surface area contributed by atoms with Crippen LogP contribution in [-0.2, 0) is 4.79 Å². The van der Waals surface area contributed by atoms with Crippen LogP contribution in [0, 0.1) is 5.41 Å². The highest BCUT2D eigenvalue weighted by Crippen LogP contribution is 2.34. The van der Waals surface area contributed by atoms with Gasteiger partial charge in [-0.1, -0.05) is 31.8 Å². The third kappa shape index (κ3) is 3.04. The molecular formula is C13H25N3O4. The van der Waals surface area contributed by atoms with Crippen molar-refractivity contribution in [2.45, 2.75) is 51.7 Å². The maximum Gasteiger partial charge on any atom is 0.236 e. The molecule has 0 aromatic heterocycles. The van der Waals surface area contributed by atoms with Gasteiger partial charge in [0.2, 0.25) is 5.91 Å². The van der Waals surface area contributed by atoms with E-state index >= 15 is 0 Å². The molecular weight excluding hydrogens is 262 g/mol. The van der Waals surface area contributed by atoms with E-state index in [0.29, 0.717) is 25.7 Å². The highest BCUT2D eigenvalue weighted by atomic mass is 16.4. The van der Waals surface area contributed by atoms with Gasteiger partial charge in [0.1, 0.15) is 5.41 Å². The molecule has 7 nitrogen and oxygen atoms in total.